The Hall–Kier alpha value is -1.71. The van der Waals surface area contributed by atoms with E-state index in [-0.39, 0.29) is 32.2 Å². The van der Waals surface area contributed by atoms with Gasteiger partial charge in [-0.25, -0.2) is 0 Å². The average Bonchev–Trinajstić information content (AvgIpc) is 3.29. The first kappa shape index (κ1) is 65.3. The van der Waals surface area contributed by atoms with Crippen molar-refractivity contribution in [2.75, 3.05) is 47.5 Å². The maximum absolute atomic E-state index is 12.9. The van der Waals surface area contributed by atoms with Gasteiger partial charge in [0.2, 0.25) is 0 Å². The summed E-state index contributed by atoms with van der Waals surface area (Å²) in [5.41, 5.74) is 0. The third-order valence-corrected chi connectivity index (χ3v) is 13.4. The van der Waals surface area contributed by atoms with Crippen LogP contribution in [0.4, 0.5) is 0 Å². The van der Waals surface area contributed by atoms with Crippen molar-refractivity contribution in [3.05, 3.63) is 0 Å². The minimum absolute atomic E-state index is 0.153. The number of carboxylic acid groups (broad SMARTS) is 1. The van der Waals surface area contributed by atoms with Crippen molar-refractivity contribution in [1.29, 1.82) is 0 Å². The van der Waals surface area contributed by atoms with Gasteiger partial charge in [0.1, 0.15) is 13.2 Å². The minimum atomic E-state index is -1.61. The molecule has 0 N–H and O–H groups in total. The zero-order valence-electron chi connectivity index (χ0n) is 45.3. The van der Waals surface area contributed by atoms with Crippen LogP contribution >= 0.6 is 0 Å². The third-order valence-electron chi connectivity index (χ3n) is 13.4. The molecule has 0 amide bonds. The molecule has 0 radical (unpaired) electrons. The highest BCUT2D eigenvalue weighted by Gasteiger charge is 2.22. The molecular weight excluding hydrogens is 839 g/mol. The largest absolute Gasteiger partial charge is 0.545 e. The number of esters is 2. The number of rotatable bonds is 55. The number of carbonyl (C=O) groups excluding carboxylic acids is 3. The quantitative estimate of drug-likeness (QED) is 0.0256. The second kappa shape index (κ2) is 50.7. The van der Waals surface area contributed by atoms with Crippen LogP contribution in [0.15, 0.2) is 0 Å². The standard InChI is InChI=1S/C58H113NO8/c1-6-8-10-12-14-16-18-20-22-24-26-27-28-29-30-31-33-35-37-39-41-43-45-47-49-56(61)67-54(53-66-58(57(62)63)64-51-50-59(3,4)5)52-65-55(60)48-46-44-42-40-38-36-34-32-25-23-21-19-17-15-13-11-9-7-2/h54,58H,6-53H2,1-5H3. The summed E-state index contributed by atoms with van der Waals surface area (Å²) >= 11 is 0. The fourth-order valence-electron chi connectivity index (χ4n) is 8.83. The molecule has 0 fully saturated rings. The van der Waals surface area contributed by atoms with E-state index in [1.54, 1.807) is 0 Å². The monoisotopic (exact) mass is 952 g/mol. The SMILES string of the molecule is CCCCCCCCCCCCCCCCCCCCCCCCCCC(=O)OC(COC(=O)CCCCCCCCCCCCCCCCCCCC)COC(OCC[N+](C)(C)C)C(=O)[O-]. The molecule has 2 unspecified atom stereocenters. The van der Waals surface area contributed by atoms with Crippen LogP contribution in [0.5, 0.6) is 0 Å². The summed E-state index contributed by atoms with van der Waals surface area (Å²) in [7, 11) is 5.94. The van der Waals surface area contributed by atoms with Gasteiger partial charge in [-0.3, -0.25) is 9.59 Å². The topological polar surface area (TPSA) is 111 Å². The van der Waals surface area contributed by atoms with E-state index >= 15 is 0 Å². The van der Waals surface area contributed by atoms with Crippen LogP contribution in [0.25, 0.3) is 0 Å². The van der Waals surface area contributed by atoms with Gasteiger partial charge in [0.15, 0.2) is 12.4 Å². The maximum Gasteiger partial charge on any atom is 0.306 e. The second-order valence-corrected chi connectivity index (χ2v) is 21.3. The van der Waals surface area contributed by atoms with Gasteiger partial charge in [-0.15, -0.1) is 0 Å². The predicted molar refractivity (Wildman–Crippen MR) is 279 cm³/mol. The van der Waals surface area contributed by atoms with Gasteiger partial charge in [0.05, 0.1) is 40.3 Å². The fourth-order valence-corrected chi connectivity index (χ4v) is 8.83. The summed E-state index contributed by atoms with van der Waals surface area (Å²) in [4.78, 5) is 37.3. The Morgan fingerprint density at radius 1 is 0.388 bits per heavy atom. The first-order chi connectivity index (χ1) is 32.6. The molecule has 9 nitrogen and oxygen atoms in total. The summed E-state index contributed by atoms with van der Waals surface area (Å²) in [6.07, 6.45) is 52.9. The minimum Gasteiger partial charge on any atom is -0.545 e. The summed E-state index contributed by atoms with van der Waals surface area (Å²) < 4.78 is 22.7. The molecule has 0 rings (SSSR count). The first-order valence-electron chi connectivity index (χ1n) is 29.2. The van der Waals surface area contributed by atoms with Gasteiger partial charge in [-0.05, 0) is 12.8 Å². The Kier molecular flexibility index (Phi) is 49.4. The average molecular weight is 953 g/mol. The lowest BCUT2D eigenvalue weighted by atomic mass is 10.0. The third kappa shape index (κ3) is 52.0. The number of carboxylic acids is 1. The zero-order valence-corrected chi connectivity index (χ0v) is 45.3. The summed E-state index contributed by atoms with van der Waals surface area (Å²) in [6, 6.07) is 0. The van der Waals surface area contributed by atoms with Gasteiger partial charge in [-0.2, -0.15) is 0 Å². The Balaban J connectivity index is 4.18. The number of hydrogen-bond acceptors (Lipinski definition) is 8. The van der Waals surface area contributed by atoms with E-state index in [2.05, 4.69) is 13.8 Å². The molecule has 0 aliphatic carbocycles. The number of carbonyl (C=O) groups is 3. The molecule has 0 aliphatic rings. The lowest BCUT2D eigenvalue weighted by Gasteiger charge is -2.26. The van der Waals surface area contributed by atoms with Crippen LogP contribution in [0, 0.1) is 0 Å². The highest BCUT2D eigenvalue weighted by atomic mass is 16.7. The fraction of sp³-hybridized carbons (Fsp3) is 0.948. The molecule has 2 atom stereocenters. The molecule has 0 heterocycles. The number of hydrogen-bond donors (Lipinski definition) is 0. The van der Waals surface area contributed by atoms with Crippen molar-refractivity contribution in [3.8, 4) is 0 Å². The van der Waals surface area contributed by atoms with Crippen LogP contribution in [0.3, 0.4) is 0 Å². The molecule has 67 heavy (non-hydrogen) atoms. The van der Waals surface area contributed by atoms with Crippen molar-refractivity contribution in [2.24, 2.45) is 0 Å². The van der Waals surface area contributed by atoms with Crippen molar-refractivity contribution in [1.82, 2.24) is 0 Å². The van der Waals surface area contributed by atoms with Crippen LogP contribution in [0.1, 0.15) is 296 Å². The van der Waals surface area contributed by atoms with Crippen molar-refractivity contribution >= 4 is 17.9 Å². The van der Waals surface area contributed by atoms with Gasteiger partial charge in [0.25, 0.3) is 0 Å². The van der Waals surface area contributed by atoms with Gasteiger partial charge < -0.3 is 33.3 Å². The normalized spacial score (nSPS) is 12.7. The lowest BCUT2D eigenvalue weighted by molar-refractivity contribution is -0.870. The van der Waals surface area contributed by atoms with Crippen LogP contribution in [-0.2, 0) is 33.3 Å². The Labute approximate surface area is 415 Å². The van der Waals surface area contributed by atoms with E-state index in [1.807, 2.05) is 21.1 Å². The van der Waals surface area contributed by atoms with E-state index in [1.165, 1.54) is 231 Å². The molecular formula is C58H113NO8. The molecule has 0 aliphatic heterocycles. The van der Waals surface area contributed by atoms with E-state index in [0.717, 1.165) is 38.5 Å². The number of nitrogens with zero attached hydrogens (tertiary/aromatic N) is 1. The molecule has 0 saturated carbocycles. The van der Waals surface area contributed by atoms with Crippen molar-refractivity contribution in [2.45, 2.75) is 309 Å². The first-order valence-corrected chi connectivity index (χ1v) is 29.2. The van der Waals surface area contributed by atoms with Gasteiger partial charge >= 0.3 is 11.9 Å². The highest BCUT2D eigenvalue weighted by molar-refractivity contribution is 5.70. The summed E-state index contributed by atoms with van der Waals surface area (Å²) in [5, 5.41) is 11.8. The van der Waals surface area contributed by atoms with Crippen LogP contribution in [-0.4, -0.2) is 82.3 Å². The van der Waals surface area contributed by atoms with E-state index in [9.17, 15) is 19.5 Å². The highest BCUT2D eigenvalue weighted by Crippen LogP contribution is 2.18. The van der Waals surface area contributed by atoms with Crippen molar-refractivity contribution in [3.63, 3.8) is 0 Å². The molecule has 0 bridgehead atoms. The number of ether oxygens (including phenoxy) is 4. The van der Waals surface area contributed by atoms with Gasteiger partial charge in [0, 0.05) is 12.8 Å². The Morgan fingerprint density at radius 2 is 0.672 bits per heavy atom. The smallest absolute Gasteiger partial charge is 0.306 e. The lowest BCUT2D eigenvalue weighted by Crippen LogP contribution is -2.44. The molecule has 0 aromatic carbocycles. The van der Waals surface area contributed by atoms with Gasteiger partial charge in [-0.1, -0.05) is 271 Å². The second-order valence-electron chi connectivity index (χ2n) is 21.3. The molecule has 0 aromatic rings. The summed E-state index contributed by atoms with van der Waals surface area (Å²) in [5.74, 6) is -2.25. The molecule has 0 saturated heterocycles. The zero-order chi connectivity index (χ0) is 49.2. The summed E-state index contributed by atoms with van der Waals surface area (Å²) in [6.45, 7) is 4.82. The van der Waals surface area contributed by atoms with Crippen LogP contribution in [0.2, 0.25) is 0 Å². The molecule has 398 valence electrons. The van der Waals surface area contributed by atoms with E-state index in [4.69, 9.17) is 18.9 Å². The van der Waals surface area contributed by atoms with E-state index in [0.29, 0.717) is 17.4 Å². The predicted octanol–water partition coefficient (Wildman–Crippen LogP) is 15.5. The number of likely N-dealkylation sites (N-methyl/N-ethyl adjacent to an activating group) is 1. The van der Waals surface area contributed by atoms with E-state index < -0.39 is 24.3 Å². The maximum atomic E-state index is 12.9. The number of unbranched alkanes of at least 4 members (excludes halogenated alkanes) is 40. The van der Waals surface area contributed by atoms with Crippen molar-refractivity contribution < 1.29 is 42.9 Å². The van der Waals surface area contributed by atoms with Crippen LogP contribution < -0.4 is 5.11 Å². The number of aliphatic carboxylic acids is 1. The number of quaternary nitrogens is 1. The Bertz CT molecular complexity index is 1060. The molecule has 0 spiro atoms. The Morgan fingerprint density at radius 3 is 0.955 bits per heavy atom. The molecule has 9 heteroatoms. The molecule has 0 aromatic heterocycles.